The molecule has 7 nitrogen and oxygen atoms in total. The molecule has 0 radical (unpaired) electrons. The Balaban J connectivity index is 1.86. The SMILES string of the molecule is CCCOc1ccc(C2/C(=C(\O)c3ccc(C)cc3)C(=O)C(=O)N2Cc2cccnc2)cc1OCC. The monoisotopic (exact) mass is 486 g/mol. The van der Waals surface area contributed by atoms with Gasteiger partial charge in [-0.05, 0) is 49.6 Å². The van der Waals surface area contributed by atoms with E-state index >= 15 is 0 Å². The van der Waals surface area contributed by atoms with Crippen molar-refractivity contribution < 1.29 is 24.2 Å². The molecule has 1 aliphatic heterocycles. The van der Waals surface area contributed by atoms with Crippen LogP contribution in [0.25, 0.3) is 5.76 Å². The quantitative estimate of drug-likeness (QED) is 0.254. The highest BCUT2D eigenvalue weighted by atomic mass is 16.5. The first-order valence-corrected chi connectivity index (χ1v) is 12.1. The molecule has 0 aliphatic carbocycles. The number of aromatic nitrogens is 1. The minimum absolute atomic E-state index is 0.0393. The van der Waals surface area contributed by atoms with E-state index in [1.54, 1.807) is 42.7 Å². The summed E-state index contributed by atoms with van der Waals surface area (Å²) in [7, 11) is 0. The number of likely N-dealkylation sites (tertiary alicyclic amines) is 1. The second-order valence-electron chi connectivity index (χ2n) is 8.64. The van der Waals surface area contributed by atoms with E-state index in [4.69, 9.17) is 9.47 Å². The number of hydrogen-bond donors (Lipinski definition) is 1. The highest BCUT2D eigenvalue weighted by molar-refractivity contribution is 6.46. The number of carbonyl (C=O) groups excluding carboxylic acids is 2. The Morgan fingerprint density at radius 2 is 1.81 bits per heavy atom. The summed E-state index contributed by atoms with van der Waals surface area (Å²) in [5.74, 6) is -0.514. The third-order valence-electron chi connectivity index (χ3n) is 5.99. The lowest BCUT2D eigenvalue weighted by Crippen LogP contribution is -2.29. The molecule has 186 valence electrons. The van der Waals surface area contributed by atoms with Crippen LogP contribution in [0.5, 0.6) is 11.5 Å². The Morgan fingerprint density at radius 1 is 1.03 bits per heavy atom. The van der Waals surface area contributed by atoms with Crippen molar-refractivity contribution in [2.24, 2.45) is 0 Å². The summed E-state index contributed by atoms with van der Waals surface area (Å²) in [6, 6.07) is 15.4. The van der Waals surface area contributed by atoms with Crippen molar-refractivity contribution in [3.63, 3.8) is 0 Å². The van der Waals surface area contributed by atoms with Crippen molar-refractivity contribution in [1.29, 1.82) is 0 Å². The molecule has 1 unspecified atom stereocenters. The molecular weight excluding hydrogens is 456 g/mol. The summed E-state index contributed by atoms with van der Waals surface area (Å²) in [4.78, 5) is 32.2. The Hall–Kier alpha value is -4.13. The first-order chi connectivity index (χ1) is 17.4. The number of benzene rings is 2. The zero-order valence-corrected chi connectivity index (χ0v) is 20.7. The average molecular weight is 487 g/mol. The first-order valence-electron chi connectivity index (χ1n) is 12.1. The molecule has 3 aromatic rings. The first kappa shape index (κ1) is 25.0. The van der Waals surface area contributed by atoms with E-state index < -0.39 is 17.7 Å². The standard InChI is InChI=1S/C29H30N2O5/c1-4-15-36-23-13-12-22(16-24(23)35-5-2)26-25(27(32)21-10-8-19(3)9-11-21)28(33)29(34)31(26)18-20-7-6-14-30-17-20/h6-14,16-17,26,32H,4-5,15,18H2,1-3H3/b27-25+. The van der Waals surface area contributed by atoms with Crippen LogP contribution in [0.15, 0.2) is 72.6 Å². The second-order valence-corrected chi connectivity index (χ2v) is 8.64. The van der Waals surface area contributed by atoms with Crippen molar-refractivity contribution in [3.8, 4) is 11.5 Å². The van der Waals surface area contributed by atoms with Crippen molar-refractivity contribution >= 4 is 17.4 Å². The lowest BCUT2D eigenvalue weighted by atomic mass is 9.94. The molecule has 1 fully saturated rings. The van der Waals surface area contributed by atoms with Crippen LogP contribution in [0.4, 0.5) is 0 Å². The lowest BCUT2D eigenvalue weighted by molar-refractivity contribution is -0.140. The van der Waals surface area contributed by atoms with Crippen LogP contribution >= 0.6 is 0 Å². The number of aliphatic hydroxyl groups excluding tert-OH is 1. The number of nitrogens with zero attached hydrogens (tertiary/aromatic N) is 2. The van der Waals surface area contributed by atoms with Crippen molar-refractivity contribution in [2.45, 2.75) is 39.8 Å². The number of aliphatic hydroxyl groups is 1. The molecule has 2 heterocycles. The number of ketones is 1. The Morgan fingerprint density at radius 3 is 2.47 bits per heavy atom. The summed E-state index contributed by atoms with van der Waals surface area (Å²) in [6.07, 6.45) is 4.15. The van der Waals surface area contributed by atoms with Crippen LogP contribution in [-0.2, 0) is 16.1 Å². The molecule has 0 saturated carbocycles. The molecule has 1 amide bonds. The molecule has 2 aromatic carbocycles. The molecule has 4 rings (SSSR count). The molecule has 0 spiro atoms. The lowest BCUT2D eigenvalue weighted by Gasteiger charge is -2.26. The number of ether oxygens (including phenoxy) is 2. The van der Waals surface area contributed by atoms with Crippen molar-refractivity contribution in [2.75, 3.05) is 13.2 Å². The molecule has 1 aliphatic rings. The maximum absolute atomic E-state index is 13.3. The van der Waals surface area contributed by atoms with E-state index in [9.17, 15) is 14.7 Å². The van der Waals surface area contributed by atoms with Gasteiger partial charge < -0.3 is 19.5 Å². The highest BCUT2D eigenvalue weighted by Crippen LogP contribution is 2.42. The van der Waals surface area contributed by atoms with Crippen LogP contribution in [0.3, 0.4) is 0 Å². The van der Waals surface area contributed by atoms with E-state index in [0.29, 0.717) is 35.8 Å². The largest absolute Gasteiger partial charge is 0.507 e. The Labute approximate surface area is 211 Å². The summed E-state index contributed by atoms with van der Waals surface area (Å²) in [5, 5.41) is 11.3. The van der Waals surface area contributed by atoms with Crippen molar-refractivity contribution in [3.05, 3.63) is 94.8 Å². The fraction of sp³-hybridized carbons (Fsp3) is 0.276. The minimum Gasteiger partial charge on any atom is -0.507 e. The molecule has 7 heteroatoms. The maximum atomic E-state index is 13.3. The normalized spacial score (nSPS) is 16.9. The van der Waals surface area contributed by atoms with Crippen molar-refractivity contribution in [1.82, 2.24) is 9.88 Å². The van der Waals surface area contributed by atoms with Crippen LogP contribution in [0.1, 0.15) is 48.6 Å². The minimum atomic E-state index is -0.814. The predicted molar refractivity (Wildman–Crippen MR) is 137 cm³/mol. The second kappa shape index (κ2) is 11.1. The molecule has 0 bridgehead atoms. The number of rotatable bonds is 9. The maximum Gasteiger partial charge on any atom is 0.295 e. The summed E-state index contributed by atoms with van der Waals surface area (Å²) in [6.45, 7) is 6.95. The van der Waals surface area contributed by atoms with Crippen LogP contribution in [0, 0.1) is 6.92 Å². The molecular formula is C29H30N2O5. The molecule has 1 saturated heterocycles. The molecule has 1 N–H and O–H groups in total. The van der Waals surface area contributed by atoms with Gasteiger partial charge in [-0.15, -0.1) is 0 Å². The van der Waals surface area contributed by atoms with Gasteiger partial charge in [-0.1, -0.05) is 48.9 Å². The van der Waals surface area contributed by atoms with Gasteiger partial charge in [-0.2, -0.15) is 0 Å². The highest BCUT2D eigenvalue weighted by Gasteiger charge is 2.46. The number of aryl methyl sites for hydroxylation is 1. The van der Waals surface area contributed by atoms with E-state index in [1.807, 2.05) is 45.0 Å². The molecule has 36 heavy (non-hydrogen) atoms. The number of amides is 1. The topological polar surface area (TPSA) is 89.0 Å². The zero-order valence-electron chi connectivity index (χ0n) is 20.7. The van der Waals surface area contributed by atoms with Gasteiger partial charge in [0, 0.05) is 24.5 Å². The van der Waals surface area contributed by atoms with Crippen LogP contribution in [-0.4, -0.2) is 39.9 Å². The average Bonchev–Trinajstić information content (AvgIpc) is 3.13. The van der Waals surface area contributed by atoms with Gasteiger partial charge in [-0.25, -0.2) is 0 Å². The zero-order chi connectivity index (χ0) is 25.7. The summed E-state index contributed by atoms with van der Waals surface area (Å²) in [5.41, 5.74) is 2.94. The number of hydrogen-bond acceptors (Lipinski definition) is 6. The third kappa shape index (κ3) is 5.10. The summed E-state index contributed by atoms with van der Waals surface area (Å²) >= 11 is 0. The molecule has 1 atom stereocenters. The fourth-order valence-corrected chi connectivity index (χ4v) is 4.24. The Bertz CT molecular complexity index is 1270. The van der Waals surface area contributed by atoms with E-state index in [2.05, 4.69) is 4.98 Å². The van der Waals surface area contributed by atoms with Gasteiger partial charge in [0.2, 0.25) is 0 Å². The van der Waals surface area contributed by atoms with Crippen LogP contribution in [0.2, 0.25) is 0 Å². The number of Topliss-reactive ketones (excluding diaryl/α,β-unsaturated/α-hetero) is 1. The van der Waals surface area contributed by atoms with E-state index in [-0.39, 0.29) is 17.9 Å². The van der Waals surface area contributed by atoms with Gasteiger partial charge in [0.15, 0.2) is 11.5 Å². The Kier molecular flexibility index (Phi) is 7.68. The third-order valence-corrected chi connectivity index (χ3v) is 5.99. The number of carbonyl (C=O) groups is 2. The number of pyridine rings is 1. The molecule has 1 aromatic heterocycles. The van der Waals surface area contributed by atoms with E-state index in [0.717, 1.165) is 17.5 Å². The predicted octanol–water partition coefficient (Wildman–Crippen LogP) is 5.20. The fourth-order valence-electron chi connectivity index (χ4n) is 4.24. The van der Waals surface area contributed by atoms with Crippen LogP contribution < -0.4 is 9.47 Å². The van der Waals surface area contributed by atoms with Gasteiger partial charge in [0.05, 0.1) is 24.8 Å². The van der Waals surface area contributed by atoms with Gasteiger partial charge in [-0.3, -0.25) is 14.6 Å². The van der Waals surface area contributed by atoms with Gasteiger partial charge in [0.1, 0.15) is 5.76 Å². The smallest absolute Gasteiger partial charge is 0.295 e. The summed E-state index contributed by atoms with van der Waals surface area (Å²) < 4.78 is 11.7. The van der Waals surface area contributed by atoms with Gasteiger partial charge in [0.25, 0.3) is 11.7 Å². The van der Waals surface area contributed by atoms with E-state index in [1.165, 1.54) is 4.90 Å². The van der Waals surface area contributed by atoms with Gasteiger partial charge >= 0.3 is 0 Å².